The lowest BCUT2D eigenvalue weighted by Crippen LogP contribution is -2.14. The molecule has 0 aliphatic rings. The van der Waals surface area contributed by atoms with Crippen molar-refractivity contribution in [1.29, 1.82) is 0 Å². The number of hydrogen-bond donors (Lipinski definition) is 0. The molecule has 1 aromatic heterocycles. The molecule has 1 rings (SSSR count). The summed E-state index contributed by atoms with van der Waals surface area (Å²) >= 11 is 0. The Balaban J connectivity index is 2.63. The Morgan fingerprint density at radius 1 is 1.33 bits per heavy atom. The van der Waals surface area contributed by atoms with E-state index >= 15 is 0 Å². The van der Waals surface area contributed by atoms with Gasteiger partial charge in [0.2, 0.25) is 0 Å². The van der Waals surface area contributed by atoms with Crippen LogP contribution in [0.3, 0.4) is 0 Å². The number of methoxy groups -OCH3 is 1. The van der Waals surface area contributed by atoms with Crippen molar-refractivity contribution in [3.63, 3.8) is 0 Å². The van der Waals surface area contributed by atoms with Gasteiger partial charge < -0.3 is 9.47 Å². The van der Waals surface area contributed by atoms with Crippen LogP contribution in [0, 0.1) is 12.8 Å². The van der Waals surface area contributed by atoms with E-state index in [1.807, 2.05) is 11.6 Å². The highest BCUT2D eigenvalue weighted by Crippen LogP contribution is 2.16. The van der Waals surface area contributed by atoms with Crippen LogP contribution in [0.1, 0.15) is 55.7 Å². The van der Waals surface area contributed by atoms with Crippen LogP contribution in [0.25, 0.3) is 0 Å². The zero-order valence-electron chi connectivity index (χ0n) is 13.6. The number of ether oxygens (including phenoxy) is 2. The van der Waals surface area contributed by atoms with E-state index in [0.717, 1.165) is 18.7 Å². The molecule has 0 saturated carbocycles. The second-order valence-corrected chi connectivity index (χ2v) is 5.25. The van der Waals surface area contributed by atoms with Crippen molar-refractivity contribution < 1.29 is 14.3 Å². The van der Waals surface area contributed by atoms with Gasteiger partial charge in [0.25, 0.3) is 0 Å². The van der Waals surface area contributed by atoms with E-state index in [2.05, 4.69) is 24.2 Å². The van der Waals surface area contributed by atoms with Gasteiger partial charge in [0.1, 0.15) is 6.61 Å². The molecule has 6 nitrogen and oxygen atoms in total. The zero-order valence-corrected chi connectivity index (χ0v) is 13.6. The number of carbonyl (C=O) groups is 1. The largest absolute Gasteiger partial charge is 0.458 e. The van der Waals surface area contributed by atoms with Gasteiger partial charge in [-0.2, -0.15) is 0 Å². The van der Waals surface area contributed by atoms with E-state index < -0.39 is 5.97 Å². The lowest BCUT2D eigenvalue weighted by atomic mass is 9.99. The highest BCUT2D eigenvalue weighted by Gasteiger charge is 2.19. The second-order valence-electron chi connectivity index (χ2n) is 5.25. The molecule has 0 bridgehead atoms. The molecule has 0 amide bonds. The van der Waals surface area contributed by atoms with Crippen molar-refractivity contribution in [2.24, 2.45) is 5.92 Å². The van der Waals surface area contributed by atoms with E-state index in [0.29, 0.717) is 18.2 Å². The fraction of sp³-hybridized carbons (Fsp3) is 0.800. The summed E-state index contributed by atoms with van der Waals surface area (Å²) in [5, 5.41) is 8.06. The Kier molecular flexibility index (Phi) is 7.97. The van der Waals surface area contributed by atoms with Gasteiger partial charge in [-0.3, -0.25) is 0 Å². The van der Waals surface area contributed by atoms with Gasteiger partial charge in [-0.1, -0.05) is 38.3 Å². The van der Waals surface area contributed by atoms with Gasteiger partial charge >= 0.3 is 5.97 Å². The number of unbranched alkanes of at least 4 members (excludes halogenated alkanes) is 1. The summed E-state index contributed by atoms with van der Waals surface area (Å²) in [6.07, 6.45) is 4.70. The van der Waals surface area contributed by atoms with E-state index in [1.165, 1.54) is 19.3 Å². The van der Waals surface area contributed by atoms with E-state index in [-0.39, 0.29) is 6.61 Å². The maximum atomic E-state index is 11.9. The molecule has 0 saturated heterocycles. The number of carbonyl (C=O) groups excluding carboxylic acids is 1. The molecule has 0 aliphatic carbocycles. The third-order valence-corrected chi connectivity index (χ3v) is 3.67. The molecule has 1 aromatic rings. The maximum absolute atomic E-state index is 11.9. The fourth-order valence-corrected chi connectivity index (χ4v) is 2.17. The first kappa shape index (κ1) is 17.6. The topological polar surface area (TPSA) is 66.2 Å². The molecular formula is C15H27N3O3. The fourth-order valence-electron chi connectivity index (χ4n) is 2.17. The molecule has 0 N–H and O–H groups in total. The van der Waals surface area contributed by atoms with E-state index in [4.69, 9.17) is 9.47 Å². The molecular weight excluding hydrogens is 270 g/mol. The number of hydrogen-bond acceptors (Lipinski definition) is 5. The Morgan fingerprint density at radius 2 is 2.10 bits per heavy atom. The Morgan fingerprint density at radius 3 is 2.71 bits per heavy atom. The van der Waals surface area contributed by atoms with Crippen molar-refractivity contribution in [3.05, 3.63) is 11.4 Å². The molecule has 0 fully saturated rings. The summed E-state index contributed by atoms with van der Waals surface area (Å²) in [4.78, 5) is 11.9. The van der Waals surface area contributed by atoms with Crippen LogP contribution in [0.15, 0.2) is 0 Å². The van der Waals surface area contributed by atoms with Crippen molar-refractivity contribution >= 4 is 5.97 Å². The van der Waals surface area contributed by atoms with Crippen LogP contribution in [0.2, 0.25) is 0 Å². The summed E-state index contributed by atoms with van der Waals surface area (Å²) in [5.74, 6) is 0.139. The highest BCUT2D eigenvalue weighted by molar-refractivity contribution is 5.88. The third-order valence-electron chi connectivity index (χ3n) is 3.67. The van der Waals surface area contributed by atoms with Crippen LogP contribution in [0.4, 0.5) is 0 Å². The van der Waals surface area contributed by atoms with Crippen molar-refractivity contribution in [3.8, 4) is 0 Å². The first-order chi connectivity index (χ1) is 10.1. The van der Waals surface area contributed by atoms with Gasteiger partial charge in [-0.15, -0.1) is 5.10 Å². The second kappa shape index (κ2) is 9.50. The lowest BCUT2D eigenvalue weighted by Gasteiger charge is -2.14. The number of rotatable bonds is 10. The van der Waals surface area contributed by atoms with Gasteiger partial charge in [-0.05, 0) is 19.3 Å². The molecule has 0 radical (unpaired) electrons. The molecule has 21 heavy (non-hydrogen) atoms. The molecule has 1 heterocycles. The summed E-state index contributed by atoms with van der Waals surface area (Å²) < 4.78 is 11.7. The first-order valence-corrected chi connectivity index (χ1v) is 7.70. The maximum Gasteiger partial charge on any atom is 0.360 e. The van der Waals surface area contributed by atoms with E-state index in [1.54, 1.807) is 7.11 Å². The quantitative estimate of drug-likeness (QED) is 0.490. The lowest BCUT2D eigenvalue weighted by molar-refractivity contribution is 0.0380. The Bertz CT molecular complexity index is 432. The monoisotopic (exact) mass is 297 g/mol. The van der Waals surface area contributed by atoms with Gasteiger partial charge in [0, 0.05) is 13.7 Å². The van der Waals surface area contributed by atoms with E-state index in [9.17, 15) is 4.79 Å². The summed E-state index contributed by atoms with van der Waals surface area (Å²) in [6.45, 7) is 7.66. The molecule has 0 aliphatic heterocycles. The average molecular weight is 297 g/mol. The third kappa shape index (κ3) is 5.46. The van der Waals surface area contributed by atoms with Crippen LogP contribution in [0.5, 0.6) is 0 Å². The van der Waals surface area contributed by atoms with Gasteiger partial charge in [0.05, 0.1) is 12.3 Å². The summed E-state index contributed by atoms with van der Waals surface area (Å²) in [7, 11) is 1.57. The number of aromatic nitrogens is 3. The van der Waals surface area contributed by atoms with Crippen molar-refractivity contribution in [2.75, 3.05) is 20.3 Å². The highest BCUT2D eigenvalue weighted by atomic mass is 16.6. The molecule has 6 heteroatoms. The number of nitrogens with zero attached hydrogens (tertiary/aromatic N) is 3. The first-order valence-electron chi connectivity index (χ1n) is 7.70. The summed E-state index contributed by atoms with van der Waals surface area (Å²) in [6, 6.07) is 0. The van der Waals surface area contributed by atoms with Crippen molar-refractivity contribution in [2.45, 2.75) is 53.0 Å². The summed E-state index contributed by atoms with van der Waals surface area (Å²) in [5.41, 5.74) is 1.07. The standard InChI is InChI=1S/C15H27N3O3/c1-5-7-8-13(6-2)11-18-12(3)14(16-17-18)15(19)21-10-9-20-4/h13H,5-11H2,1-4H3. The Labute approximate surface area is 126 Å². The molecule has 120 valence electrons. The van der Waals surface area contributed by atoms with Crippen LogP contribution >= 0.6 is 0 Å². The molecule has 0 aromatic carbocycles. The van der Waals surface area contributed by atoms with Crippen molar-refractivity contribution in [1.82, 2.24) is 15.0 Å². The predicted octanol–water partition coefficient (Wildman–Crippen LogP) is 2.61. The van der Waals surface area contributed by atoms with Gasteiger partial charge in [0.15, 0.2) is 5.69 Å². The van der Waals surface area contributed by atoms with Crippen LogP contribution in [-0.2, 0) is 16.0 Å². The minimum absolute atomic E-state index is 0.232. The molecule has 1 atom stereocenters. The minimum Gasteiger partial charge on any atom is -0.458 e. The minimum atomic E-state index is -0.433. The molecule has 1 unspecified atom stereocenters. The number of esters is 1. The van der Waals surface area contributed by atoms with Crippen LogP contribution < -0.4 is 0 Å². The normalized spacial score (nSPS) is 12.4. The predicted molar refractivity (Wildman–Crippen MR) is 80.2 cm³/mol. The Hall–Kier alpha value is -1.43. The molecule has 0 spiro atoms. The average Bonchev–Trinajstić information content (AvgIpc) is 2.84. The van der Waals surface area contributed by atoms with Crippen LogP contribution in [-0.4, -0.2) is 41.3 Å². The van der Waals surface area contributed by atoms with Gasteiger partial charge in [-0.25, -0.2) is 9.48 Å². The smallest absolute Gasteiger partial charge is 0.360 e. The zero-order chi connectivity index (χ0) is 15.7. The SMILES string of the molecule is CCCCC(CC)Cn1nnc(C(=O)OCCOC)c1C.